The van der Waals surface area contributed by atoms with Crippen LogP contribution >= 0.6 is 12.2 Å². The highest BCUT2D eigenvalue weighted by Crippen LogP contribution is 2.24. The van der Waals surface area contributed by atoms with Crippen molar-refractivity contribution in [2.45, 2.75) is 30.7 Å². The smallest absolute Gasteiger partial charge is 0.240 e. The van der Waals surface area contributed by atoms with Gasteiger partial charge in [-0.25, -0.2) is 13.1 Å². The van der Waals surface area contributed by atoms with Crippen molar-refractivity contribution in [1.29, 1.82) is 0 Å². The second kappa shape index (κ2) is 10.5. The molecule has 0 saturated heterocycles. The quantitative estimate of drug-likeness (QED) is 0.457. The second-order valence-electron chi connectivity index (χ2n) is 7.50. The van der Waals surface area contributed by atoms with Gasteiger partial charge in [0.05, 0.1) is 10.8 Å². The minimum absolute atomic E-state index is 0.128. The fraction of sp³-hybridized carbons (Fsp3) is 0.167. The average Bonchev–Trinajstić information content (AvgIpc) is 2.75. The first-order chi connectivity index (χ1) is 15.3. The molecule has 0 heterocycles. The van der Waals surface area contributed by atoms with Crippen molar-refractivity contribution in [1.82, 2.24) is 10.0 Å². The number of hydrogen-bond acceptors (Lipinski definition) is 4. The Kier molecular flexibility index (Phi) is 7.74. The lowest BCUT2D eigenvalue weighted by atomic mass is 9.90. The molecule has 6 nitrogen and oxygen atoms in total. The van der Waals surface area contributed by atoms with E-state index in [0.717, 1.165) is 11.1 Å². The molecule has 0 spiro atoms. The van der Waals surface area contributed by atoms with Crippen molar-refractivity contribution in [3.63, 3.8) is 0 Å². The van der Waals surface area contributed by atoms with Crippen LogP contribution in [0.15, 0.2) is 89.8 Å². The monoisotopic (exact) mass is 467 g/mol. The molecule has 0 aromatic heterocycles. The SMILES string of the molecule is CC(C)NS(=O)(=O)c1ccc(NC(=S)NC(=O)C(c2ccccc2)c2ccccc2)cc1. The Hall–Kier alpha value is -3.07. The highest BCUT2D eigenvalue weighted by atomic mass is 32.2. The first-order valence-electron chi connectivity index (χ1n) is 10.1. The molecular weight excluding hydrogens is 442 g/mol. The van der Waals surface area contributed by atoms with E-state index in [9.17, 15) is 13.2 Å². The molecule has 0 aliphatic carbocycles. The van der Waals surface area contributed by atoms with Crippen LogP contribution in [0.3, 0.4) is 0 Å². The van der Waals surface area contributed by atoms with Crippen LogP contribution in [0.1, 0.15) is 30.9 Å². The molecule has 0 atom stereocenters. The molecule has 0 bridgehead atoms. The standard InChI is InChI=1S/C24H25N3O3S2/c1-17(2)27-32(29,30)21-15-13-20(14-16-21)25-24(31)26-23(28)22(18-9-5-3-6-10-18)19-11-7-4-8-12-19/h3-17,22,27H,1-2H3,(H2,25,26,28,31). The summed E-state index contributed by atoms with van der Waals surface area (Å²) in [7, 11) is -3.58. The van der Waals surface area contributed by atoms with Crippen LogP contribution in [0.5, 0.6) is 0 Å². The fourth-order valence-corrected chi connectivity index (χ4v) is 4.70. The highest BCUT2D eigenvalue weighted by Gasteiger charge is 2.23. The van der Waals surface area contributed by atoms with Crippen LogP contribution in [0.25, 0.3) is 0 Å². The number of amides is 1. The van der Waals surface area contributed by atoms with Gasteiger partial charge in [-0.2, -0.15) is 0 Å². The summed E-state index contributed by atoms with van der Waals surface area (Å²) in [5.74, 6) is -0.785. The lowest BCUT2D eigenvalue weighted by Crippen LogP contribution is -2.37. The maximum Gasteiger partial charge on any atom is 0.240 e. The molecule has 0 aliphatic rings. The summed E-state index contributed by atoms with van der Waals surface area (Å²) in [5.41, 5.74) is 2.27. The number of benzene rings is 3. The van der Waals surface area contributed by atoms with Gasteiger partial charge in [0.2, 0.25) is 15.9 Å². The predicted molar refractivity (Wildman–Crippen MR) is 131 cm³/mol. The predicted octanol–water partition coefficient (Wildman–Crippen LogP) is 4.02. The van der Waals surface area contributed by atoms with E-state index in [1.165, 1.54) is 12.1 Å². The van der Waals surface area contributed by atoms with E-state index in [0.29, 0.717) is 5.69 Å². The van der Waals surface area contributed by atoms with Gasteiger partial charge in [-0.05, 0) is 61.5 Å². The van der Waals surface area contributed by atoms with E-state index >= 15 is 0 Å². The molecule has 8 heteroatoms. The third-order valence-electron chi connectivity index (χ3n) is 4.58. The van der Waals surface area contributed by atoms with Gasteiger partial charge in [0.15, 0.2) is 5.11 Å². The number of rotatable bonds is 7. The highest BCUT2D eigenvalue weighted by molar-refractivity contribution is 7.89. The van der Waals surface area contributed by atoms with Gasteiger partial charge in [-0.3, -0.25) is 4.79 Å². The molecular formula is C24H25N3O3S2. The molecule has 166 valence electrons. The van der Waals surface area contributed by atoms with Gasteiger partial charge in [-0.1, -0.05) is 60.7 Å². The maximum absolute atomic E-state index is 13.1. The van der Waals surface area contributed by atoms with Gasteiger partial charge >= 0.3 is 0 Å². The Morgan fingerprint density at radius 3 is 1.78 bits per heavy atom. The Balaban J connectivity index is 1.71. The van der Waals surface area contributed by atoms with Crippen LogP contribution in [0, 0.1) is 0 Å². The molecule has 32 heavy (non-hydrogen) atoms. The molecule has 0 saturated carbocycles. The zero-order valence-electron chi connectivity index (χ0n) is 17.8. The van der Waals surface area contributed by atoms with Crippen molar-refractivity contribution in [3.8, 4) is 0 Å². The molecule has 0 unspecified atom stereocenters. The Labute approximate surface area is 194 Å². The Bertz CT molecular complexity index is 1120. The van der Waals surface area contributed by atoms with E-state index in [4.69, 9.17) is 12.2 Å². The van der Waals surface area contributed by atoms with Crippen LogP contribution in [0.2, 0.25) is 0 Å². The summed E-state index contributed by atoms with van der Waals surface area (Å²) in [4.78, 5) is 13.3. The minimum atomic E-state index is -3.58. The molecule has 3 N–H and O–H groups in total. The average molecular weight is 468 g/mol. The lowest BCUT2D eigenvalue weighted by molar-refractivity contribution is -0.120. The summed E-state index contributed by atoms with van der Waals surface area (Å²) in [6, 6.07) is 24.9. The Morgan fingerprint density at radius 1 is 0.812 bits per heavy atom. The third-order valence-corrected chi connectivity index (χ3v) is 6.46. The van der Waals surface area contributed by atoms with E-state index < -0.39 is 15.9 Å². The molecule has 3 aromatic rings. The lowest BCUT2D eigenvalue weighted by Gasteiger charge is -2.19. The topological polar surface area (TPSA) is 87.3 Å². The number of nitrogens with one attached hydrogen (secondary N) is 3. The summed E-state index contributed by atoms with van der Waals surface area (Å²) < 4.78 is 27.0. The van der Waals surface area contributed by atoms with Crippen LogP contribution in [-0.4, -0.2) is 25.5 Å². The Morgan fingerprint density at radius 2 is 1.31 bits per heavy atom. The second-order valence-corrected chi connectivity index (χ2v) is 9.62. The molecule has 0 radical (unpaired) electrons. The van der Waals surface area contributed by atoms with Crippen LogP contribution < -0.4 is 15.4 Å². The number of thiocarbonyl (C=S) groups is 1. The molecule has 3 aromatic carbocycles. The number of carbonyl (C=O) groups excluding carboxylic acids is 1. The zero-order chi connectivity index (χ0) is 23.1. The largest absolute Gasteiger partial charge is 0.332 e. The first kappa shape index (κ1) is 23.6. The summed E-state index contributed by atoms with van der Waals surface area (Å²) >= 11 is 5.32. The summed E-state index contributed by atoms with van der Waals surface area (Å²) in [5, 5.41) is 5.81. The van der Waals surface area contributed by atoms with Crippen molar-refractivity contribution >= 4 is 38.9 Å². The zero-order valence-corrected chi connectivity index (χ0v) is 19.4. The van der Waals surface area contributed by atoms with E-state index in [2.05, 4.69) is 15.4 Å². The fourth-order valence-electron chi connectivity index (χ4n) is 3.23. The third kappa shape index (κ3) is 6.23. The molecule has 1 amide bonds. The molecule has 3 rings (SSSR count). The van der Waals surface area contributed by atoms with Crippen molar-refractivity contribution in [3.05, 3.63) is 96.1 Å². The summed E-state index contributed by atoms with van der Waals surface area (Å²) in [6.45, 7) is 3.51. The van der Waals surface area contributed by atoms with Gasteiger partial charge in [0, 0.05) is 11.7 Å². The summed E-state index contributed by atoms with van der Waals surface area (Å²) in [6.07, 6.45) is 0. The van der Waals surface area contributed by atoms with Gasteiger partial charge in [0.1, 0.15) is 0 Å². The van der Waals surface area contributed by atoms with Crippen molar-refractivity contribution in [2.24, 2.45) is 0 Å². The minimum Gasteiger partial charge on any atom is -0.332 e. The van der Waals surface area contributed by atoms with E-state index in [-0.39, 0.29) is 22.0 Å². The number of hydrogen-bond donors (Lipinski definition) is 3. The van der Waals surface area contributed by atoms with Crippen LogP contribution in [0.4, 0.5) is 5.69 Å². The number of sulfonamides is 1. The molecule has 0 fully saturated rings. The van der Waals surface area contributed by atoms with Gasteiger partial charge in [0.25, 0.3) is 0 Å². The van der Waals surface area contributed by atoms with Crippen molar-refractivity contribution < 1.29 is 13.2 Å². The van der Waals surface area contributed by atoms with Gasteiger partial charge in [-0.15, -0.1) is 0 Å². The number of carbonyl (C=O) groups is 1. The van der Waals surface area contributed by atoms with Crippen molar-refractivity contribution in [2.75, 3.05) is 5.32 Å². The first-order valence-corrected chi connectivity index (χ1v) is 12.0. The normalized spacial score (nSPS) is 11.4. The van der Waals surface area contributed by atoms with Gasteiger partial charge < -0.3 is 10.6 Å². The molecule has 0 aliphatic heterocycles. The van der Waals surface area contributed by atoms with Crippen LogP contribution in [-0.2, 0) is 14.8 Å². The number of anilines is 1. The van der Waals surface area contributed by atoms with E-state index in [1.807, 2.05) is 60.7 Å². The van der Waals surface area contributed by atoms with E-state index in [1.54, 1.807) is 26.0 Å². The maximum atomic E-state index is 13.1.